The standard InChI is InChI=1S/C38H51N6O9PS2.2Na/c1-24(2)34(43-37(46)44(6)33-22-55-36(42-33)25(3)4)35(45)40-29(17-27-13-9-7-10-14-27)19-32(52-26(5)53-54(48,49)50)31(18-28-15-11-8-12-16-28)41-38(47)51-21-30-20-39-23-56-30;;/h7-16,20,22-26,29,31-32,34H,17-19,21H2,1-6H3,(H,40,45)(H,41,47)(H,43,46)(H2,48,49,50);;/q;2*+1/p-2/t26?,29-,31-,32-,34-;;/m0../s1. The first-order chi connectivity index (χ1) is 26.6. The summed E-state index contributed by atoms with van der Waals surface area (Å²) in [7, 11) is -3.90. The molecule has 1 unspecified atom stereocenters. The van der Waals surface area contributed by atoms with Crippen molar-refractivity contribution in [3.05, 3.63) is 98.8 Å². The van der Waals surface area contributed by atoms with Gasteiger partial charge in [0.2, 0.25) is 5.91 Å². The third-order valence-corrected chi connectivity index (χ3v) is 11.0. The molecule has 4 aromatic rings. The number of aromatic nitrogens is 2. The number of thiazole rings is 2. The van der Waals surface area contributed by atoms with E-state index in [1.807, 2.05) is 88.4 Å². The van der Waals surface area contributed by atoms with E-state index in [0.717, 1.165) is 16.1 Å². The fourth-order valence-electron chi connectivity index (χ4n) is 5.78. The van der Waals surface area contributed by atoms with Crippen molar-refractivity contribution in [2.45, 2.75) is 96.9 Å². The van der Waals surface area contributed by atoms with Crippen molar-refractivity contribution in [1.82, 2.24) is 25.9 Å². The number of nitrogens with zero attached hydrogens (tertiary/aromatic N) is 3. The normalized spacial score (nSPS) is 13.9. The molecule has 3 N–H and O–H groups in total. The van der Waals surface area contributed by atoms with E-state index >= 15 is 0 Å². The number of anilines is 1. The number of rotatable bonds is 20. The van der Waals surface area contributed by atoms with E-state index < -0.39 is 56.4 Å². The van der Waals surface area contributed by atoms with E-state index in [4.69, 9.17) is 9.47 Å². The van der Waals surface area contributed by atoms with Crippen molar-refractivity contribution >= 4 is 54.3 Å². The van der Waals surface area contributed by atoms with Gasteiger partial charge in [-0.1, -0.05) is 88.4 Å². The first kappa shape index (κ1) is 51.9. The van der Waals surface area contributed by atoms with Crippen LogP contribution < -0.4 is 89.8 Å². The van der Waals surface area contributed by atoms with Crippen LogP contribution in [0.15, 0.2) is 77.8 Å². The van der Waals surface area contributed by atoms with Crippen molar-refractivity contribution in [3.63, 3.8) is 0 Å². The molecule has 5 atom stereocenters. The van der Waals surface area contributed by atoms with Gasteiger partial charge in [-0.3, -0.25) is 14.7 Å². The molecule has 2 aromatic carbocycles. The molecular formula is C38H49N6Na2O9PS2. The maximum Gasteiger partial charge on any atom is 1.00 e. The van der Waals surface area contributed by atoms with Crippen molar-refractivity contribution < 1.29 is 102 Å². The maximum absolute atomic E-state index is 14.2. The Bertz CT molecular complexity index is 1870. The number of hydrogen-bond donors (Lipinski definition) is 3. The zero-order valence-electron chi connectivity index (χ0n) is 34.2. The third-order valence-electron chi connectivity index (χ3n) is 8.59. The van der Waals surface area contributed by atoms with Crippen LogP contribution in [0.3, 0.4) is 0 Å². The Hall–Kier alpha value is -2.22. The minimum Gasteiger partial charge on any atom is -0.790 e. The number of phosphoric ester groups is 1. The number of benzene rings is 2. The van der Waals surface area contributed by atoms with Crippen LogP contribution in [-0.2, 0) is 42.8 Å². The fraction of sp³-hybridized carbons (Fsp3) is 0.447. The van der Waals surface area contributed by atoms with Gasteiger partial charge in [-0.05, 0) is 43.2 Å². The molecule has 0 fully saturated rings. The molecule has 304 valence electrons. The van der Waals surface area contributed by atoms with Crippen molar-refractivity contribution in [2.24, 2.45) is 5.92 Å². The topological polar surface area (TPSA) is 207 Å². The SMILES string of the molecule is CC(O[C@@H](C[C@H](Cc1ccccc1)NC(=O)[C@@H](NC(=O)N(C)c1csc(C(C)C)n1)C(C)C)[C@H](Cc1ccccc1)NC(=O)OCc1cncs1)OP(=O)([O-])[O-].[Na+].[Na+]. The summed E-state index contributed by atoms with van der Waals surface area (Å²) in [6.07, 6.45) is -1.33. The molecule has 0 aliphatic heterocycles. The molecule has 4 rings (SSSR count). The number of carbonyl (C=O) groups excluding carboxylic acids is 3. The summed E-state index contributed by atoms with van der Waals surface area (Å²) in [5.41, 5.74) is 3.27. The summed E-state index contributed by atoms with van der Waals surface area (Å²) in [6.45, 7) is 8.86. The number of ether oxygens (including phenoxy) is 2. The molecular weight excluding hydrogens is 826 g/mol. The first-order valence-electron chi connectivity index (χ1n) is 18.1. The summed E-state index contributed by atoms with van der Waals surface area (Å²) in [4.78, 5) is 74.8. The predicted molar refractivity (Wildman–Crippen MR) is 211 cm³/mol. The smallest absolute Gasteiger partial charge is 0.790 e. The average Bonchev–Trinajstić information content (AvgIpc) is 3.85. The van der Waals surface area contributed by atoms with Gasteiger partial charge in [0.25, 0.3) is 0 Å². The van der Waals surface area contributed by atoms with Crippen molar-refractivity contribution in [3.8, 4) is 0 Å². The van der Waals surface area contributed by atoms with Crippen molar-refractivity contribution in [1.29, 1.82) is 0 Å². The van der Waals surface area contributed by atoms with Gasteiger partial charge in [-0.25, -0.2) is 14.6 Å². The van der Waals surface area contributed by atoms with Crippen LogP contribution in [0, 0.1) is 5.92 Å². The zero-order valence-corrected chi connectivity index (χ0v) is 40.7. The number of hydrogen-bond acceptors (Lipinski definition) is 13. The van der Waals surface area contributed by atoms with Gasteiger partial charge in [0, 0.05) is 30.6 Å². The molecule has 0 radical (unpaired) electrons. The zero-order chi connectivity index (χ0) is 40.8. The van der Waals surface area contributed by atoms with E-state index in [0.29, 0.717) is 10.7 Å². The van der Waals surface area contributed by atoms with Gasteiger partial charge in [0.05, 0.1) is 35.4 Å². The average molecular weight is 875 g/mol. The molecule has 0 aliphatic carbocycles. The summed E-state index contributed by atoms with van der Waals surface area (Å²) >= 11 is 2.76. The van der Waals surface area contributed by atoms with Gasteiger partial charge < -0.3 is 44.3 Å². The molecule has 2 heterocycles. The van der Waals surface area contributed by atoms with Crippen LogP contribution in [0.2, 0.25) is 0 Å². The Labute approximate surface area is 392 Å². The fourth-order valence-corrected chi connectivity index (χ4v) is 7.56. The molecule has 20 heteroatoms. The van der Waals surface area contributed by atoms with E-state index in [1.165, 1.54) is 34.5 Å². The molecule has 4 amide bonds. The van der Waals surface area contributed by atoms with E-state index in [-0.39, 0.29) is 96.8 Å². The summed E-state index contributed by atoms with van der Waals surface area (Å²) < 4.78 is 27.9. The Morgan fingerprint density at radius 3 is 2.03 bits per heavy atom. The summed E-state index contributed by atoms with van der Waals surface area (Å²) in [5.74, 6) is -0.172. The van der Waals surface area contributed by atoms with Gasteiger partial charge in [-0.2, -0.15) is 0 Å². The quantitative estimate of drug-likeness (QED) is 0.0566. The van der Waals surface area contributed by atoms with Crippen molar-refractivity contribution in [2.75, 3.05) is 11.9 Å². The molecule has 0 spiro atoms. The number of phosphoric acid groups is 1. The minimum absolute atomic E-state index is 0. The van der Waals surface area contributed by atoms with Crippen LogP contribution in [0.1, 0.15) is 68.0 Å². The third kappa shape index (κ3) is 17.8. The Morgan fingerprint density at radius 1 is 0.879 bits per heavy atom. The van der Waals surface area contributed by atoms with Crippen LogP contribution >= 0.6 is 30.5 Å². The summed E-state index contributed by atoms with van der Waals surface area (Å²) in [6, 6.07) is 15.5. The molecule has 2 aromatic heterocycles. The van der Waals surface area contributed by atoms with E-state index in [9.17, 15) is 28.7 Å². The largest absolute Gasteiger partial charge is 1.00 e. The maximum atomic E-state index is 14.2. The molecule has 0 aliphatic rings. The Balaban J connectivity index is 0.00000580. The number of amides is 4. The van der Waals surface area contributed by atoms with Gasteiger partial charge in [-0.15, -0.1) is 22.7 Å². The van der Waals surface area contributed by atoms with Gasteiger partial charge in [0.1, 0.15) is 18.5 Å². The van der Waals surface area contributed by atoms with E-state index in [1.54, 1.807) is 24.1 Å². The molecule has 0 saturated heterocycles. The second-order valence-electron chi connectivity index (χ2n) is 13.8. The number of carbonyl (C=O) groups is 3. The summed E-state index contributed by atoms with van der Waals surface area (Å²) in [5, 5.41) is 11.5. The van der Waals surface area contributed by atoms with Gasteiger partial charge >= 0.3 is 71.2 Å². The predicted octanol–water partition coefficient (Wildman–Crippen LogP) is -0.867. The van der Waals surface area contributed by atoms with E-state index in [2.05, 4.69) is 30.4 Å². The van der Waals surface area contributed by atoms with Crippen LogP contribution in [0.4, 0.5) is 15.4 Å². The first-order valence-corrected chi connectivity index (χ1v) is 21.3. The molecule has 0 saturated carbocycles. The second-order valence-corrected chi connectivity index (χ2v) is 16.8. The number of nitrogens with one attached hydrogen (secondary N) is 3. The van der Waals surface area contributed by atoms with Crippen LogP contribution in [-0.4, -0.2) is 65.6 Å². The van der Waals surface area contributed by atoms with Crippen LogP contribution in [0.25, 0.3) is 0 Å². The monoisotopic (exact) mass is 874 g/mol. The molecule has 58 heavy (non-hydrogen) atoms. The van der Waals surface area contributed by atoms with Gasteiger partial charge in [0.15, 0.2) is 6.29 Å². The molecule has 0 bridgehead atoms. The number of alkyl carbamates (subject to hydrolysis) is 1. The van der Waals surface area contributed by atoms with Crippen LogP contribution in [0.5, 0.6) is 0 Å². The second kappa shape index (κ2) is 25.5. The Morgan fingerprint density at radius 2 is 1.50 bits per heavy atom. The number of urea groups is 1. The Kier molecular flexibility index (Phi) is 22.9. The molecule has 15 nitrogen and oxygen atoms in total. The minimum atomic E-state index is -5.48.